The first kappa shape index (κ1) is 23.2. The lowest BCUT2D eigenvalue weighted by Gasteiger charge is -1.79. The molecule has 0 bridgehead atoms. The van der Waals surface area contributed by atoms with Gasteiger partial charge >= 0.3 is 11.9 Å². The number of rotatable bonds is 2. The number of hydrogen-bond donors (Lipinski definition) is 2. The third-order valence-corrected chi connectivity index (χ3v) is 0.730. The Kier molecular flexibility index (Phi) is 20.1. The Morgan fingerprint density at radius 3 is 0.929 bits per heavy atom. The third kappa shape index (κ3) is 22.5. The molecule has 2 N–H and O–H groups in total. The molecular formula is C8H16O4S2. The van der Waals surface area contributed by atoms with Gasteiger partial charge in [0.05, 0.1) is 0 Å². The molecule has 14 heavy (non-hydrogen) atoms. The van der Waals surface area contributed by atoms with Crippen LogP contribution in [-0.4, -0.2) is 22.2 Å². The summed E-state index contributed by atoms with van der Waals surface area (Å²) >= 11 is 0. The standard InChI is InChI=1S/2C4H6O2.2H2S/c2*1-3(2)4(5)6;;/h2*1H2,2H3,(H,5,6);2*1H2. The van der Waals surface area contributed by atoms with E-state index in [2.05, 4.69) is 13.2 Å². The molecule has 0 fully saturated rings. The van der Waals surface area contributed by atoms with Gasteiger partial charge in [0.25, 0.3) is 0 Å². The molecule has 0 spiro atoms. The van der Waals surface area contributed by atoms with Gasteiger partial charge < -0.3 is 10.2 Å². The van der Waals surface area contributed by atoms with E-state index in [0.29, 0.717) is 0 Å². The van der Waals surface area contributed by atoms with Crippen LogP contribution >= 0.6 is 27.0 Å². The molecule has 0 saturated carbocycles. The molecule has 0 rings (SSSR count). The maximum absolute atomic E-state index is 9.60. The highest BCUT2D eigenvalue weighted by Gasteiger charge is 1.90. The van der Waals surface area contributed by atoms with E-state index in [4.69, 9.17) is 10.2 Å². The first-order valence-corrected chi connectivity index (χ1v) is 3.06. The quantitative estimate of drug-likeness (QED) is 0.718. The average Bonchev–Trinajstić information content (AvgIpc) is 1.88. The second-order valence-electron chi connectivity index (χ2n) is 2.17. The van der Waals surface area contributed by atoms with Crippen molar-refractivity contribution in [2.24, 2.45) is 0 Å². The van der Waals surface area contributed by atoms with Gasteiger partial charge in [-0.25, -0.2) is 9.59 Å². The zero-order valence-electron chi connectivity index (χ0n) is 8.13. The summed E-state index contributed by atoms with van der Waals surface area (Å²) < 4.78 is 0. The van der Waals surface area contributed by atoms with E-state index in [9.17, 15) is 9.59 Å². The zero-order valence-corrected chi connectivity index (χ0v) is 10.1. The highest BCUT2D eigenvalue weighted by atomic mass is 32.1. The van der Waals surface area contributed by atoms with Crippen molar-refractivity contribution in [1.82, 2.24) is 0 Å². The molecule has 0 atom stereocenters. The monoisotopic (exact) mass is 240 g/mol. The van der Waals surface area contributed by atoms with E-state index in [0.717, 1.165) is 0 Å². The van der Waals surface area contributed by atoms with E-state index < -0.39 is 11.9 Å². The molecule has 0 amide bonds. The Morgan fingerprint density at radius 2 is 0.929 bits per heavy atom. The molecule has 4 nitrogen and oxygen atoms in total. The molecule has 0 unspecified atom stereocenters. The van der Waals surface area contributed by atoms with Crippen LogP contribution in [-0.2, 0) is 9.59 Å². The van der Waals surface area contributed by atoms with E-state index in [-0.39, 0.29) is 38.1 Å². The topological polar surface area (TPSA) is 74.6 Å². The predicted molar refractivity (Wildman–Crippen MR) is 65.7 cm³/mol. The first-order valence-electron chi connectivity index (χ1n) is 3.06. The number of hydrogen-bond acceptors (Lipinski definition) is 2. The van der Waals surface area contributed by atoms with Crippen LogP contribution in [0.15, 0.2) is 24.3 Å². The number of carboxylic acid groups (broad SMARTS) is 2. The fourth-order valence-corrected chi connectivity index (χ4v) is 0. The van der Waals surface area contributed by atoms with Crippen LogP contribution in [0.25, 0.3) is 0 Å². The van der Waals surface area contributed by atoms with Crippen molar-refractivity contribution in [2.75, 3.05) is 0 Å². The van der Waals surface area contributed by atoms with Gasteiger partial charge in [0.15, 0.2) is 0 Å². The zero-order chi connectivity index (χ0) is 10.3. The van der Waals surface area contributed by atoms with Crippen LogP contribution in [0.5, 0.6) is 0 Å². The van der Waals surface area contributed by atoms with E-state index >= 15 is 0 Å². The van der Waals surface area contributed by atoms with E-state index in [1.807, 2.05) is 0 Å². The van der Waals surface area contributed by atoms with Crippen molar-refractivity contribution in [2.45, 2.75) is 13.8 Å². The smallest absolute Gasteiger partial charge is 0.330 e. The molecule has 0 aliphatic heterocycles. The predicted octanol–water partition coefficient (Wildman–Crippen LogP) is 1.52. The lowest BCUT2D eigenvalue weighted by atomic mass is 10.4. The maximum Gasteiger partial charge on any atom is 0.330 e. The molecule has 0 aromatic carbocycles. The minimum atomic E-state index is -0.935. The molecular weight excluding hydrogens is 224 g/mol. The SMILES string of the molecule is C=C(C)C(=O)O.C=C(C)C(=O)O.S.S. The van der Waals surface area contributed by atoms with Gasteiger partial charge in [-0.15, -0.1) is 0 Å². The van der Waals surface area contributed by atoms with Crippen LogP contribution < -0.4 is 0 Å². The Bertz CT molecular complexity index is 175. The maximum atomic E-state index is 9.60. The fourth-order valence-electron chi connectivity index (χ4n) is 0. The van der Waals surface area contributed by atoms with Crippen molar-refractivity contribution in [3.63, 3.8) is 0 Å². The van der Waals surface area contributed by atoms with Crippen molar-refractivity contribution in [3.8, 4) is 0 Å². The van der Waals surface area contributed by atoms with Gasteiger partial charge in [0, 0.05) is 11.1 Å². The molecule has 0 heterocycles. The van der Waals surface area contributed by atoms with Crippen LogP contribution in [0, 0.1) is 0 Å². The average molecular weight is 240 g/mol. The number of aliphatic carboxylic acids is 2. The molecule has 0 saturated heterocycles. The highest BCUT2D eigenvalue weighted by molar-refractivity contribution is 7.59. The normalized spacial score (nSPS) is 6.43. The number of carboxylic acids is 2. The Balaban J connectivity index is -0.0000000625. The van der Waals surface area contributed by atoms with Crippen molar-refractivity contribution < 1.29 is 19.8 Å². The van der Waals surface area contributed by atoms with Gasteiger partial charge in [0.1, 0.15) is 0 Å². The molecule has 6 heteroatoms. The van der Waals surface area contributed by atoms with E-state index in [1.165, 1.54) is 13.8 Å². The van der Waals surface area contributed by atoms with Crippen molar-refractivity contribution in [1.29, 1.82) is 0 Å². The molecule has 0 radical (unpaired) electrons. The number of carbonyl (C=O) groups is 2. The summed E-state index contributed by atoms with van der Waals surface area (Å²) in [4.78, 5) is 19.2. The summed E-state index contributed by atoms with van der Waals surface area (Å²) in [5.74, 6) is -1.87. The lowest BCUT2D eigenvalue weighted by molar-refractivity contribution is -0.133. The Morgan fingerprint density at radius 1 is 0.857 bits per heavy atom. The Labute approximate surface area is 97.2 Å². The van der Waals surface area contributed by atoms with Gasteiger partial charge in [-0.05, 0) is 13.8 Å². The van der Waals surface area contributed by atoms with Gasteiger partial charge in [-0.1, -0.05) is 13.2 Å². The van der Waals surface area contributed by atoms with Crippen LogP contribution in [0.1, 0.15) is 13.8 Å². The largest absolute Gasteiger partial charge is 0.478 e. The molecule has 0 aromatic heterocycles. The summed E-state index contributed by atoms with van der Waals surface area (Å²) in [6, 6.07) is 0. The summed E-state index contributed by atoms with van der Waals surface area (Å²) in [6.45, 7) is 9.20. The first-order chi connectivity index (χ1) is 5.29. The van der Waals surface area contributed by atoms with E-state index in [1.54, 1.807) is 0 Å². The summed E-state index contributed by atoms with van der Waals surface area (Å²) in [5.41, 5.74) is 0.352. The summed E-state index contributed by atoms with van der Waals surface area (Å²) in [7, 11) is 0. The van der Waals surface area contributed by atoms with Crippen LogP contribution in [0.3, 0.4) is 0 Å². The van der Waals surface area contributed by atoms with Gasteiger partial charge in [0.2, 0.25) is 0 Å². The second kappa shape index (κ2) is 12.1. The second-order valence-corrected chi connectivity index (χ2v) is 2.17. The van der Waals surface area contributed by atoms with Crippen LogP contribution in [0.2, 0.25) is 0 Å². The summed E-state index contributed by atoms with van der Waals surface area (Å²) in [6.07, 6.45) is 0. The molecule has 0 aromatic rings. The van der Waals surface area contributed by atoms with Gasteiger partial charge in [-0.3, -0.25) is 0 Å². The highest BCUT2D eigenvalue weighted by Crippen LogP contribution is 1.81. The Hall–Kier alpha value is -0.880. The fraction of sp³-hybridized carbons (Fsp3) is 0.250. The molecule has 0 aliphatic carbocycles. The molecule has 84 valence electrons. The van der Waals surface area contributed by atoms with Crippen molar-refractivity contribution >= 4 is 38.9 Å². The minimum Gasteiger partial charge on any atom is -0.478 e. The van der Waals surface area contributed by atoms with Gasteiger partial charge in [-0.2, -0.15) is 27.0 Å². The lowest BCUT2D eigenvalue weighted by Crippen LogP contribution is -1.92. The molecule has 0 aliphatic rings. The minimum absolute atomic E-state index is 0. The third-order valence-electron chi connectivity index (χ3n) is 0.730. The van der Waals surface area contributed by atoms with Crippen LogP contribution in [0.4, 0.5) is 0 Å². The van der Waals surface area contributed by atoms with Crippen molar-refractivity contribution in [3.05, 3.63) is 24.3 Å². The summed E-state index contributed by atoms with van der Waals surface area (Å²) in [5, 5.41) is 15.8.